The SMILES string of the molecule is C#CCNCCN1CCCN(C)CC1C. The molecular weight excluding hydrogens is 186 g/mol. The van der Waals surface area contributed by atoms with E-state index < -0.39 is 0 Å². The molecule has 0 saturated carbocycles. The minimum Gasteiger partial charge on any atom is -0.305 e. The van der Waals surface area contributed by atoms with E-state index in [2.05, 4.69) is 35.0 Å². The summed E-state index contributed by atoms with van der Waals surface area (Å²) in [5.41, 5.74) is 0. The number of nitrogens with one attached hydrogen (secondary N) is 1. The molecule has 0 spiro atoms. The second-order valence-electron chi connectivity index (χ2n) is 4.38. The Hall–Kier alpha value is -0.560. The lowest BCUT2D eigenvalue weighted by Crippen LogP contribution is -2.41. The summed E-state index contributed by atoms with van der Waals surface area (Å²) in [5.74, 6) is 2.60. The zero-order valence-electron chi connectivity index (χ0n) is 10.00. The summed E-state index contributed by atoms with van der Waals surface area (Å²) in [4.78, 5) is 4.96. The Morgan fingerprint density at radius 2 is 2.27 bits per heavy atom. The Labute approximate surface area is 93.8 Å². The van der Waals surface area contributed by atoms with Crippen LogP contribution in [-0.2, 0) is 0 Å². The predicted octanol–water partition coefficient (Wildman–Crippen LogP) is 0.235. The van der Waals surface area contributed by atoms with E-state index in [0.29, 0.717) is 12.6 Å². The van der Waals surface area contributed by atoms with Gasteiger partial charge >= 0.3 is 0 Å². The van der Waals surface area contributed by atoms with Crippen LogP contribution in [0.4, 0.5) is 0 Å². The fourth-order valence-corrected chi connectivity index (χ4v) is 2.14. The summed E-state index contributed by atoms with van der Waals surface area (Å²) < 4.78 is 0. The van der Waals surface area contributed by atoms with Crippen LogP contribution < -0.4 is 5.32 Å². The Morgan fingerprint density at radius 1 is 1.47 bits per heavy atom. The van der Waals surface area contributed by atoms with Crippen molar-refractivity contribution in [3.8, 4) is 12.3 Å². The van der Waals surface area contributed by atoms with Crippen LogP contribution in [0, 0.1) is 12.3 Å². The van der Waals surface area contributed by atoms with Crippen molar-refractivity contribution in [3.05, 3.63) is 0 Å². The van der Waals surface area contributed by atoms with Gasteiger partial charge in [-0.25, -0.2) is 0 Å². The van der Waals surface area contributed by atoms with Crippen LogP contribution in [0.5, 0.6) is 0 Å². The summed E-state index contributed by atoms with van der Waals surface area (Å²) in [7, 11) is 2.20. The van der Waals surface area contributed by atoms with Crippen LogP contribution in [0.25, 0.3) is 0 Å². The van der Waals surface area contributed by atoms with Gasteiger partial charge in [-0.2, -0.15) is 0 Å². The van der Waals surface area contributed by atoms with Crippen LogP contribution in [0.2, 0.25) is 0 Å². The van der Waals surface area contributed by atoms with Gasteiger partial charge in [0.2, 0.25) is 0 Å². The first kappa shape index (κ1) is 12.5. The smallest absolute Gasteiger partial charge is 0.0574 e. The highest BCUT2D eigenvalue weighted by Crippen LogP contribution is 2.07. The number of hydrogen-bond donors (Lipinski definition) is 1. The van der Waals surface area contributed by atoms with Gasteiger partial charge in [-0.15, -0.1) is 6.42 Å². The van der Waals surface area contributed by atoms with Gasteiger partial charge in [0.05, 0.1) is 6.54 Å². The minimum atomic E-state index is 0.658. The molecule has 1 N–H and O–H groups in total. The third-order valence-corrected chi connectivity index (χ3v) is 2.99. The van der Waals surface area contributed by atoms with E-state index >= 15 is 0 Å². The van der Waals surface area contributed by atoms with E-state index in [1.165, 1.54) is 26.1 Å². The second-order valence-corrected chi connectivity index (χ2v) is 4.38. The molecule has 0 bridgehead atoms. The molecule has 1 unspecified atom stereocenters. The van der Waals surface area contributed by atoms with Crippen molar-refractivity contribution in [2.24, 2.45) is 0 Å². The van der Waals surface area contributed by atoms with Gasteiger partial charge in [0.25, 0.3) is 0 Å². The monoisotopic (exact) mass is 209 g/mol. The largest absolute Gasteiger partial charge is 0.305 e. The first-order valence-corrected chi connectivity index (χ1v) is 5.81. The second kappa shape index (κ2) is 6.84. The lowest BCUT2D eigenvalue weighted by molar-refractivity contribution is 0.203. The summed E-state index contributed by atoms with van der Waals surface area (Å²) in [5, 5.41) is 3.24. The Balaban J connectivity index is 2.24. The molecule has 1 aliphatic heterocycles. The molecule has 0 aliphatic carbocycles. The van der Waals surface area contributed by atoms with Gasteiger partial charge in [0.1, 0.15) is 0 Å². The number of rotatable bonds is 4. The molecule has 1 fully saturated rings. The van der Waals surface area contributed by atoms with Crippen LogP contribution >= 0.6 is 0 Å². The maximum atomic E-state index is 5.19. The molecule has 0 aromatic carbocycles. The Bertz CT molecular complexity index is 209. The highest BCUT2D eigenvalue weighted by atomic mass is 15.2. The number of hydrogen-bond acceptors (Lipinski definition) is 3. The molecule has 3 nitrogen and oxygen atoms in total. The van der Waals surface area contributed by atoms with Crippen molar-refractivity contribution in [2.45, 2.75) is 19.4 Å². The average Bonchev–Trinajstić information content (AvgIpc) is 2.35. The van der Waals surface area contributed by atoms with Crippen LogP contribution in [0.3, 0.4) is 0 Å². The standard InChI is InChI=1S/C12H23N3/c1-4-6-13-7-10-15-9-5-8-14(3)11-12(15)2/h1,12-13H,5-11H2,2-3H3. The first-order chi connectivity index (χ1) is 7.24. The number of likely N-dealkylation sites (N-methyl/N-ethyl adjacent to an activating group) is 1. The molecule has 1 aliphatic rings. The highest BCUT2D eigenvalue weighted by Gasteiger charge is 2.18. The average molecular weight is 209 g/mol. The van der Waals surface area contributed by atoms with Crippen LogP contribution in [-0.4, -0.2) is 62.2 Å². The molecule has 0 radical (unpaired) electrons. The molecule has 1 rings (SSSR count). The summed E-state index contributed by atoms with van der Waals surface area (Å²) in [6.07, 6.45) is 6.46. The zero-order valence-corrected chi connectivity index (χ0v) is 10.00. The maximum absolute atomic E-state index is 5.19. The minimum absolute atomic E-state index is 0.658. The molecule has 1 saturated heterocycles. The fraction of sp³-hybridized carbons (Fsp3) is 0.833. The molecule has 1 atom stereocenters. The van der Waals surface area contributed by atoms with E-state index in [-0.39, 0.29) is 0 Å². The Kier molecular flexibility index (Phi) is 5.70. The van der Waals surface area contributed by atoms with Crippen molar-refractivity contribution in [1.82, 2.24) is 15.1 Å². The van der Waals surface area contributed by atoms with E-state index in [1.807, 2.05) is 0 Å². The van der Waals surface area contributed by atoms with Crippen LogP contribution in [0.1, 0.15) is 13.3 Å². The van der Waals surface area contributed by atoms with E-state index in [4.69, 9.17) is 6.42 Å². The third-order valence-electron chi connectivity index (χ3n) is 2.99. The van der Waals surface area contributed by atoms with Crippen molar-refractivity contribution in [2.75, 3.05) is 46.3 Å². The molecule has 86 valence electrons. The van der Waals surface area contributed by atoms with Gasteiger partial charge in [-0.3, -0.25) is 4.90 Å². The van der Waals surface area contributed by atoms with Gasteiger partial charge in [-0.05, 0) is 33.5 Å². The van der Waals surface area contributed by atoms with Crippen molar-refractivity contribution in [1.29, 1.82) is 0 Å². The van der Waals surface area contributed by atoms with Gasteiger partial charge in [0.15, 0.2) is 0 Å². The van der Waals surface area contributed by atoms with E-state index in [0.717, 1.165) is 13.1 Å². The summed E-state index contributed by atoms with van der Waals surface area (Å²) in [6.45, 7) is 8.71. The van der Waals surface area contributed by atoms with Crippen molar-refractivity contribution >= 4 is 0 Å². The Morgan fingerprint density at radius 3 is 3.00 bits per heavy atom. The number of terminal acetylenes is 1. The fourth-order valence-electron chi connectivity index (χ4n) is 2.14. The quantitative estimate of drug-likeness (QED) is 0.528. The maximum Gasteiger partial charge on any atom is 0.0574 e. The van der Waals surface area contributed by atoms with Gasteiger partial charge in [-0.1, -0.05) is 5.92 Å². The molecule has 3 heteroatoms. The molecule has 0 aromatic heterocycles. The highest BCUT2D eigenvalue weighted by molar-refractivity contribution is 4.86. The van der Waals surface area contributed by atoms with Crippen molar-refractivity contribution in [3.63, 3.8) is 0 Å². The lowest BCUT2D eigenvalue weighted by atomic mass is 10.2. The topological polar surface area (TPSA) is 18.5 Å². The molecule has 0 aromatic rings. The van der Waals surface area contributed by atoms with Gasteiger partial charge < -0.3 is 10.2 Å². The predicted molar refractivity (Wildman–Crippen MR) is 64.9 cm³/mol. The summed E-state index contributed by atoms with van der Waals surface area (Å²) >= 11 is 0. The van der Waals surface area contributed by atoms with E-state index in [1.54, 1.807) is 0 Å². The van der Waals surface area contributed by atoms with Gasteiger partial charge in [0, 0.05) is 25.7 Å². The first-order valence-electron chi connectivity index (χ1n) is 5.81. The number of nitrogens with zero attached hydrogens (tertiary/aromatic N) is 2. The molecule has 1 heterocycles. The lowest BCUT2D eigenvalue weighted by Gasteiger charge is -2.27. The van der Waals surface area contributed by atoms with Crippen molar-refractivity contribution < 1.29 is 0 Å². The van der Waals surface area contributed by atoms with E-state index in [9.17, 15) is 0 Å². The third kappa shape index (κ3) is 4.65. The van der Waals surface area contributed by atoms with Crippen LogP contribution in [0.15, 0.2) is 0 Å². The zero-order chi connectivity index (χ0) is 11.1. The normalized spacial score (nSPS) is 24.7. The summed E-state index contributed by atoms with van der Waals surface area (Å²) in [6, 6.07) is 0.658. The molecule has 15 heavy (non-hydrogen) atoms. The molecule has 0 amide bonds. The molecular formula is C12H23N3.